The fourth-order valence-corrected chi connectivity index (χ4v) is 1.91. The van der Waals surface area contributed by atoms with Crippen LogP contribution >= 0.6 is 0 Å². The lowest BCUT2D eigenvalue weighted by Gasteiger charge is -2.09. The molecule has 0 radical (unpaired) electrons. The molecule has 0 fully saturated rings. The van der Waals surface area contributed by atoms with Gasteiger partial charge in [-0.1, -0.05) is 19.4 Å². The molecule has 2 rings (SSSR count). The number of amides is 1. The first-order valence-corrected chi connectivity index (χ1v) is 6.84. The van der Waals surface area contributed by atoms with Crippen molar-refractivity contribution >= 4 is 17.5 Å². The Morgan fingerprint density at radius 3 is 2.71 bits per heavy atom. The number of anilines is 2. The fraction of sp³-hybridized carbons (Fsp3) is 0.267. The van der Waals surface area contributed by atoms with Crippen LogP contribution in [0, 0.1) is 6.92 Å². The molecule has 0 unspecified atom stereocenters. The van der Waals surface area contributed by atoms with Gasteiger partial charge in [0, 0.05) is 17.5 Å². The van der Waals surface area contributed by atoms with Crippen molar-refractivity contribution in [2.75, 3.05) is 10.7 Å². The molecule has 0 aromatic carbocycles. The summed E-state index contributed by atoms with van der Waals surface area (Å²) < 4.78 is 0. The van der Waals surface area contributed by atoms with Crippen molar-refractivity contribution in [3.63, 3.8) is 0 Å². The van der Waals surface area contributed by atoms with E-state index in [1.807, 2.05) is 13.0 Å². The summed E-state index contributed by atoms with van der Waals surface area (Å²) in [5.41, 5.74) is 4.86. The summed E-state index contributed by atoms with van der Waals surface area (Å²) in [6, 6.07) is 7.05. The van der Waals surface area contributed by atoms with E-state index in [4.69, 9.17) is 5.84 Å². The Labute approximate surface area is 123 Å². The van der Waals surface area contributed by atoms with Crippen molar-refractivity contribution < 1.29 is 4.79 Å². The van der Waals surface area contributed by atoms with Gasteiger partial charge >= 0.3 is 0 Å². The summed E-state index contributed by atoms with van der Waals surface area (Å²) in [4.78, 5) is 20.7. The van der Waals surface area contributed by atoms with E-state index in [1.54, 1.807) is 24.4 Å². The Bertz CT molecular complexity index is 624. The van der Waals surface area contributed by atoms with Crippen molar-refractivity contribution in [2.45, 2.75) is 26.7 Å². The number of carbonyl (C=O) groups is 1. The van der Waals surface area contributed by atoms with E-state index >= 15 is 0 Å². The molecule has 0 spiro atoms. The zero-order valence-electron chi connectivity index (χ0n) is 12.2. The van der Waals surface area contributed by atoms with Crippen molar-refractivity contribution in [2.24, 2.45) is 5.84 Å². The summed E-state index contributed by atoms with van der Waals surface area (Å²) in [5, 5.41) is 2.76. The Morgan fingerprint density at radius 2 is 2.10 bits per heavy atom. The van der Waals surface area contributed by atoms with E-state index in [1.165, 1.54) is 0 Å². The maximum atomic E-state index is 12.3. The Kier molecular flexibility index (Phi) is 4.84. The van der Waals surface area contributed by atoms with Crippen molar-refractivity contribution in [3.8, 4) is 0 Å². The third kappa shape index (κ3) is 4.00. The fourth-order valence-electron chi connectivity index (χ4n) is 1.91. The molecule has 21 heavy (non-hydrogen) atoms. The zero-order chi connectivity index (χ0) is 15.2. The molecule has 110 valence electrons. The van der Waals surface area contributed by atoms with E-state index < -0.39 is 0 Å². The van der Waals surface area contributed by atoms with Crippen LogP contribution in [0.1, 0.15) is 35.0 Å². The number of rotatable bonds is 5. The number of nitrogen functional groups attached to an aromatic ring is 1. The first-order valence-electron chi connectivity index (χ1n) is 6.84. The molecule has 0 saturated carbocycles. The lowest BCUT2D eigenvalue weighted by molar-refractivity contribution is 0.102. The van der Waals surface area contributed by atoms with E-state index in [2.05, 4.69) is 27.6 Å². The van der Waals surface area contributed by atoms with E-state index in [0.717, 1.165) is 24.1 Å². The average molecular weight is 285 g/mol. The number of nitrogens with two attached hydrogens (primary N) is 1. The van der Waals surface area contributed by atoms with Gasteiger partial charge in [0.1, 0.15) is 11.6 Å². The third-order valence-corrected chi connectivity index (χ3v) is 2.95. The van der Waals surface area contributed by atoms with Gasteiger partial charge in [0.2, 0.25) is 0 Å². The molecule has 2 heterocycles. The molecule has 0 aliphatic heterocycles. The van der Waals surface area contributed by atoms with Crippen LogP contribution < -0.4 is 16.6 Å². The first-order chi connectivity index (χ1) is 10.1. The van der Waals surface area contributed by atoms with Gasteiger partial charge in [-0.2, -0.15) is 0 Å². The van der Waals surface area contributed by atoms with Crippen LogP contribution in [0.2, 0.25) is 0 Å². The van der Waals surface area contributed by atoms with Crippen LogP contribution in [-0.2, 0) is 6.42 Å². The highest BCUT2D eigenvalue weighted by Crippen LogP contribution is 2.13. The third-order valence-electron chi connectivity index (χ3n) is 2.95. The second-order valence-electron chi connectivity index (χ2n) is 4.80. The number of carbonyl (C=O) groups excluding carboxylic acids is 1. The van der Waals surface area contributed by atoms with Crippen molar-refractivity contribution in [1.82, 2.24) is 9.97 Å². The molecule has 1 amide bonds. The largest absolute Gasteiger partial charge is 0.308 e. The maximum Gasteiger partial charge on any atom is 0.257 e. The van der Waals surface area contributed by atoms with Gasteiger partial charge in [-0.05, 0) is 37.1 Å². The first kappa shape index (κ1) is 14.9. The monoisotopic (exact) mass is 285 g/mol. The van der Waals surface area contributed by atoms with Gasteiger partial charge in [-0.3, -0.25) is 4.79 Å². The van der Waals surface area contributed by atoms with Crippen LogP contribution in [0.3, 0.4) is 0 Å². The minimum absolute atomic E-state index is 0.234. The normalized spacial score (nSPS) is 10.2. The molecule has 0 aliphatic carbocycles. The topological polar surface area (TPSA) is 92.9 Å². The van der Waals surface area contributed by atoms with Gasteiger partial charge in [-0.15, -0.1) is 0 Å². The van der Waals surface area contributed by atoms with Crippen molar-refractivity contribution in [3.05, 3.63) is 47.3 Å². The number of nitrogens with one attached hydrogen (secondary N) is 2. The summed E-state index contributed by atoms with van der Waals surface area (Å²) in [7, 11) is 0. The van der Waals surface area contributed by atoms with Gasteiger partial charge < -0.3 is 10.7 Å². The quantitative estimate of drug-likeness (QED) is 0.579. The second-order valence-corrected chi connectivity index (χ2v) is 4.80. The Morgan fingerprint density at radius 1 is 1.29 bits per heavy atom. The number of pyridine rings is 2. The lowest BCUT2D eigenvalue weighted by Crippen LogP contribution is -2.16. The summed E-state index contributed by atoms with van der Waals surface area (Å²) in [5.74, 6) is 6.15. The van der Waals surface area contributed by atoms with Gasteiger partial charge in [-0.25, -0.2) is 15.8 Å². The molecule has 0 saturated heterocycles. The molecule has 2 aromatic rings. The number of hydrogen-bond acceptors (Lipinski definition) is 5. The standard InChI is InChI=1S/C15H19N5O/c1-3-4-12-7-11(8-14(18-12)20-16)15(21)19-13-6-5-10(2)9-17-13/h5-9H,3-4,16H2,1-2H3,(H,18,20)(H,17,19,21). The molecule has 6 nitrogen and oxygen atoms in total. The molecular formula is C15H19N5O. The predicted octanol–water partition coefficient (Wildman–Crippen LogP) is 2.28. The number of aromatic nitrogens is 2. The number of aryl methyl sites for hydroxylation is 2. The molecule has 4 N–H and O–H groups in total. The highest BCUT2D eigenvalue weighted by atomic mass is 16.1. The Hall–Kier alpha value is -2.47. The van der Waals surface area contributed by atoms with Gasteiger partial charge in [0.15, 0.2) is 0 Å². The molecular weight excluding hydrogens is 266 g/mol. The van der Waals surface area contributed by atoms with Crippen LogP contribution in [0.4, 0.5) is 11.6 Å². The molecule has 6 heteroatoms. The summed E-state index contributed by atoms with van der Waals surface area (Å²) in [6.07, 6.45) is 3.44. The highest BCUT2D eigenvalue weighted by Gasteiger charge is 2.10. The SMILES string of the molecule is CCCc1cc(C(=O)Nc2ccc(C)cn2)cc(NN)n1. The van der Waals surface area contributed by atoms with Crippen LogP contribution in [-0.4, -0.2) is 15.9 Å². The second kappa shape index (κ2) is 6.81. The zero-order valence-corrected chi connectivity index (χ0v) is 12.2. The highest BCUT2D eigenvalue weighted by molar-refractivity contribution is 6.04. The lowest BCUT2D eigenvalue weighted by atomic mass is 10.1. The smallest absolute Gasteiger partial charge is 0.257 e. The van der Waals surface area contributed by atoms with Gasteiger partial charge in [0.05, 0.1) is 0 Å². The predicted molar refractivity (Wildman–Crippen MR) is 83.0 cm³/mol. The van der Waals surface area contributed by atoms with Gasteiger partial charge in [0.25, 0.3) is 5.91 Å². The average Bonchev–Trinajstić information content (AvgIpc) is 2.49. The Balaban J connectivity index is 2.21. The molecule has 0 aliphatic rings. The summed E-state index contributed by atoms with van der Waals surface area (Å²) in [6.45, 7) is 4.00. The molecule has 2 aromatic heterocycles. The van der Waals surface area contributed by atoms with E-state index in [9.17, 15) is 4.79 Å². The van der Waals surface area contributed by atoms with Crippen molar-refractivity contribution in [1.29, 1.82) is 0 Å². The number of hydrogen-bond donors (Lipinski definition) is 3. The minimum atomic E-state index is -0.234. The van der Waals surface area contributed by atoms with E-state index in [-0.39, 0.29) is 5.91 Å². The number of hydrazine groups is 1. The van der Waals surface area contributed by atoms with Crippen LogP contribution in [0.5, 0.6) is 0 Å². The van der Waals surface area contributed by atoms with Crippen LogP contribution in [0.25, 0.3) is 0 Å². The molecule has 0 atom stereocenters. The van der Waals surface area contributed by atoms with E-state index in [0.29, 0.717) is 17.2 Å². The van der Waals surface area contributed by atoms with Crippen LogP contribution in [0.15, 0.2) is 30.5 Å². The maximum absolute atomic E-state index is 12.3. The molecule has 0 bridgehead atoms. The minimum Gasteiger partial charge on any atom is -0.308 e. The number of nitrogens with zero attached hydrogens (tertiary/aromatic N) is 2. The summed E-state index contributed by atoms with van der Waals surface area (Å²) >= 11 is 0.